The molecule has 8 atom stereocenters. The lowest BCUT2D eigenvalue weighted by Crippen LogP contribution is -2.95. The Kier molecular flexibility index (Phi) is 8.49. The summed E-state index contributed by atoms with van der Waals surface area (Å²) in [6, 6.07) is 0. The zero-order chi connectivity index (χ0) is 26.1. The Balaban J connectivity index is 1.54. The van der Waals surface area contributed by atoms with E-state index in [2.05, 4.69) is 5.32 Å². The van der Waals surface area contributed by atoms with Crippen molar-refractivity contribution in [2.24, 2.45) is 29.4 Å². The van der Waals surface area contributed by atoms with E-state index in [1.165, 1.54) is 0 Å². The Morgan fingerprint density at radius 2 is 2.03 bits per heavy atom. The second kappa shape index (κ2) is 11.1. The van der Waals surface area contributed by atoms with Crippen molar-refractivity contribution in [2.75, 3.05) is 13.2 Å². The van der Waals surface area contributed by atoms with Gasteiger partial charge < -0.3 is 24.6 Å². The van der Waals surface area contributed by atoms with E-state index in [9.17, 15) is 14.7 Å². The maximum atomic E-state index is 12.9. The van der Waals surface area contributed by atoms with E-state index in [4.69, 9.17) is 19.9 Å². The van der Waals surface area contributed by atoms with Crippen molar-refractivity contribution in [1.82, 2.24) is 0 Å². The van der Waals surface area contributed by atoms with Gasteiger partial charge in [-0.05, 0) is 84.5 Å². The molecule has 4 aliphatic rings. The molecule has 3 heterocycles. The van der Waals surface area contributed by atoms with Crippen molar-refractivity contribution in [1.29, 1.82) is 0 Å². The van der Waals surface area contributed by atoms with Gasteiger partial charge in [-0.1, -0.05) is 6.08 Å². The molecule has 0 aromatic heterocycles. The lowest BCUT2D eigenvalue weighted by Gasteiger charge is -2.45. The molecule has 4 rings (SSSR count). The third-order valence-electron chi connectivity index (χ3n) is 9.49. The SMILES string of the molecule is CC=C(C)C(=O)OC(C)(C)[C@@]1(CC2CCC(N)[NH2+]C2)CC2CC3CC(CCCO)C(=O)OC3CC2O1. The van der Waals surface area contributed by atoms with Gasteiger partial charge in [0.15, 0.2) is 0 Å². The van der Waals surface area contributed by atoms with Crippen molar-refractivity contribution in [2.45, 2.75) is 115 Å². The van der Waals surface area contributed by atoms with E-state index >= 15 is 0 Å². The number of hydrogen-bond donors (Lipinski definition) is 3. The van der Waals surface area contributed by atoms with E-state index in [1.54, 1.807) is 13.0 Å². The average Bonchev–Trinajstić information content (AvgIpc) is 3.20. The fourth-order valence-electron chi connectivity index (χ4n) is 7.07. The first kappa shape index (κ1) is 27.6. The number of allylic oxidation sites excluding steroid dienone is 1. The van der Waals surface area contributed by atoms with Gasteiger partial charge in [-0.3, -0.25) is 10.5 Å². The first-order chi connectivity index (χ1) is 17.1. The number of rotatable bonds is 8. The molecular formula is C28H47N2O6+. The van der Waals surface area contributed by atoms with Gasteiger partial charge in [0.2, 0.25) is 0 Å². The van der Waals surface area contributed by atoms with Crippen LogP contribution < -0.4 is 11.1 Å². The number of aliphatic hydroxyl groups is 1. The lowest BCUT2D eigenvalue weighted by atomic mass is 9.68. The molecule has 0 aromatic rings. The Hall–Kier alpha value is -1.48. The summed E-state index contributed by atoms with van der Waals surface area (Å²) in [4.78, 5) is 25.5. The van der Waals surface area contributed by atoms with Gasteiger partial charge in [0.25, 0.3) is 0 Å². The van der Waals surface area contributed by atoms with Crippen LogP contribution in [-0.2, 0) is 23.8 Å². The molecule has 8 heteroatoms. The topological polar surface area (TPSA) is 125 Å². The van der Waals surface area contributed by atoms with Crippen molar-refractivity contribution in [3.63, 3.8) is 0 Å². The molecule has 5 N–H and O–H groups in total. The molecule has 3 saturated heterocycles. The van der Waals surface area contributed by atoms with Gasteiger partial charge in [-0.25, -0.2) is 4.79 Å². The van der Waals surface area contributed by atoms with Crippen molar-refractivity contribution < 1.29 is 34.2 Å². The van der Waals surface area contributed by atoms with Crippen LogP contribution in [0.5, 0.6) is 0 Å². The summed E-state index contributed by atoms with van der Waals surface area (Å²) >= 11 is 0. The number of fused-ring (bicyclic) bond motifs is 2. The minimum absolute atomic E-state index is 0.0105. The van der Waals surface area contributed by atoms with E-state index in [-0.39, 0.29) is 42.8 Å². The number of ether oxygens (including phenoxy) is 3. The average molecular weight is 508 g/mol. The molecule has 36 heavy (non-hydrogen) atoms. The number of nitrogens with two attached hydrogens (primary N) is 2. The Bertz CT molecular complexity index is 836. The standard InChI is InChI=1S/C28H46N2O6/c1-5-17(2)25(32)36-27(3,4)28(14-18-8-9-24(29)30-16-18)15-21-12-20-11-19(7-6-10-31)26(33)34-22(20)13-23(21)35-28/h5,18-24,30-31H,6-16,29H2,1-4H3/p+1/t18?,19?,20?,21?,22?,23?,24?,28-/m1/s1. The highest BCUT2D eigenvalue weighted by Crippen LogP contribution is 2.54. The number of hydrogen-bond acceptors (Lipinski definition) is 7. The first-order valence-electron chi connectivity index (χ1n) is 14.0. The zero-order valence-electron chi connectivity index (χ0n) is 22.5. The van der Waals surface area contributed by atoms with Crippen LogP contribution in [0, 0.1) is 23.7 Å². The highest BCUT2D eigenvalue weighted by Gasteiger charge is 2.60. The van der Waals surface area contributed by atoms with Crippen LogP contribution in [-0.4, -0.2) is 59.8 Å². The predicted molar refractivity (Wildman–Crippen MR) is 134 cm³/mol. The molecule has 0 bridgehead atoms. The summed E-state index contributed by atoms with van der Waals surface area (Å²) in [5, 5.41) is 11.4. The molecule has 0 radical (unpaired) electrons. The molecule has 1 saturated carbocycles. The minimum Gasteiger partial charge on any atom is -0.462 e. The minimum atomic E-state index is -0.809. The fourth-order valence-corrected chi connectivity index (χ4v) is 7.07. The molecule has 204 valence electrons. The second-order valence-corrected chi connectivity index (χ2v) is 12.3. The zero-order valence-corrected chi connectivity index (χ0v) is 22.5. The number of carbonyl (C=O) groups excluding carboxylic acids is 2. The smallest absolute Gasteiger partial charge is 0.334 e. The first-order valence-corrected chi connectivity index (χ1v) is 14.0. The molecule has 0 amide bonds. The van der Waals surface area contributed by atoms with Crippen LogP contribution in [0.15, 0.2) is 11.6 Å². The summed E-state index contributed by atoms with van der Waals surface area (Å²) in [6.07, 6.45) is 9.30. The maximum Gasteiger partial charge on any atom is 0.334 e. The van der Waals surface area contributed by atoms with Crippen molar-refractivity contribution in [3.8, 4) is 0 Å². The fraction of sp³-hybridized carbons (Fsp3) is 0.857. The second-order valence-electron chi connectivity index (χ2n) is 12.3. The molecule has 1 aliphatic carbocycles. The molecule has 8 nitrogen and oxygen atoms in total. The van der Waals surface area contributed by atoms with Gasteiger partial charge in [0.05, 0.1) is 18.6 Å². The number of aliphatic hydroxyl groups excluding tert-OH is 1. The summed E-state index contributed by atoms with van der Waals surface area (Å²) in [7, 11) is 0. The van der Waals surface area contributed by atoms with E-state index in [0.717, 1.165) is 45.1 Å². The molecule has 3 aliphatic heterocycles. The van der Waals surface area contributed by atoms with Crippen molar-refractivity contribution in [3.05, 3.63) is 11.6 Å². The quantitative estimate of drug-likeness (QED) is 0.340. The summed E-state index contributed by atoms with van der Waals surface area (Å²) in [6.45, 7) is 8.68. The van der Waals surface area contributed by atoms with Crippen LogP contribution >= 0.6 is 0 Å². The number of piperidine rings is 1. The number of quaternary nitrogens is 1. The molecule has 7 unspecified atom stereocenters. The predicted octanol–water partition coefficient (Wildman–Crippen LogP) is 2.18. The van der Waals surface area contributed by atoms with Gasteiger partial charge in [-0.15, -0.1) is 0 Å². The number of esters is 2. The number of carbonyl (C=O) groups is 2. The van der Waals surface area contributed by atoms with Crippen LogP contribution in [0.2, 0.25) is 0 Å². The normalized spacial score (nSPS) is 39.2. The molecule has 4 fully saturated rings. The monoisotopic (exact) mass is 507 g/mol. The van der Waals surface area contributed by atoms with Gasteiger partial charge in [0, 0.05) is 30.9 Å². The van der Waals surface area contributed by atoms with Crippen LogP contribution in [0.25, 0.3) is 0 Å². The van der Waals surface area contributed by atoms with Crippen LogP contribution in [0.1, 0.15) is 85.5 Å². The van der Waals surface area contributed by atoms with Crippen LogP contribution in [0.3, 0.4) is 0 Å². The Morgan fingerprint density at radius 3 is 2.69 bits per heavy atom. The molecule has 0 spiro atoms. The largest absolute Gasteiger partial charge is 0.462 e. The highest BCUT2D eigenvalue weighted by molar-refractivity contribution is 5.88. The summed E-state index contributed by atoms with van der Waals surface area (Å²) in [5.41, 5.74) is 5.32. The highest BCUT2D eigenvalue weighted by atomic mass is 16.6. The van der Waals surface area contributed by atoms with Gasteiger partial charge >= 0.3 is 11.9 Å². The third kappa shape index (κ3) is 5.66. The van der Waals surface area contributed by atoms with E-state index < -0.39 is 11.2 Å². The van der Waals surface area contributed by atoms with Gasteiger partial charge in [0.1, 0.15) is 23.5 Å². The molecular weight excluding hydrogens is 460 g/mol. The van der Waals surface area contributed by atoms with E-state index in [1.807, 2.05) is 20.8 Å². The van der Waals surface area contributed by atoms with E-state index in [0.29, 0.717) is 42.6 Å². The summed E-state index contributed by atoms with van der Waals surface area (Å²) in [5.74, 6) is 0.560. The Morgan fingerprint density at radius 1 is 1.25 bits per heavy atom. The molecule has 0 aromatic carbocycles. The van der Waals surface area contributed by atoms with Crippen molar-refractivity contribution >= 4 is 11.9 Å². The summed E-state index contributed by atoms with van der Waals surface area (Å²) < 4.78 is 19.1. The van der Waals surface area contributed by atoms with Crippen LogP contribution in [0.4, 0.5) is 0 Å². The maximum absolute atomic E-state index is 12.9. The Labute approximate surface area is 215 Å². The lowest BCUT2D eigenvalue weighted by molar-refractivity contribution is -0.703. The third-order valence-corrected chi connectivity index (χ3v) is 9.49. The van der Waals surface area contributed by atoms with Gasteiger partial charge in [-0.2, -0.15) is 0 Å².